The molecule has 1 saturated carbocycles. The molecule has 0 bridgehead atoms. The van der Waals surface area contributed by atoms with E-state index in [2.05, 4.69) is 43.1 Å². The van der Waals surface area contributed by atoms with E-state index in [9.17, 15) is 13.2 Å². The van der Waals surface area contributed by atoms with Gasteiger partial charge in [0.2, 0.25) is 0 Å². The van der Waals surface area contributed by atoms with Gasteiger partial charge >= 0.3 is 6.18 Å². The summed E-state index contributed by atoms with van der Waals surface area (Å²) in [6.07, 6.45) is -0.753. The molecule has 0 N–H and O–H groups in total. The Balaban J connectivity index is 0.00000101. The standard InChI is InChI=1S/C23H28F3N.C2H3N/c1-3-21(27(2)17-19-7-5-4-6-8-19)14-11-18-9-12-20(13-10-18)22(15-16-22)23(24,25)26;1-2-3/h4-10,12-13,21H,3,11,14-17H2,1-2H3;1H3. The highest BCUT2D eigenvalue weighted by Crippen LogP contribution is 2.58. The Bertz CT molecular complexity index is 803. The van der Waals surface area contributed by atoms with E-state index < -0.39 is 11.6 Å². The molecule has 1 aliphatic rings. The van der Waals surface area contributed by atoms with E-state index in [1.807, 2.05) is 18.2 Å². The maximum absolute atomic E-state index is 13.2. The normalized spacial score (nSPS) is 15.7. The van der Waals surface area contributed by atoms with Crippen molar-refractivity contribution in [3.63, 3.8) is 0 Å². The van der Waals surface area contributed by atoms with E-state index in [1.165, 1.54) is 12.5 Å². The fraction of sp³-hybridized carbons (Fsp3) is 0.480. The predicted octanol–water partition coefficient (Wildman–Crippen LogP) is 6.65. The second-order valence-electron chi connectivity index (χ2n) is 8.00. The van der Waals surface area contributed by atoms with Crippen molar-refractivity contribution in [2.24, 2.45) is 0 Å². The Labute approximate surface area is 178 Å². The topological polar surface area (TPSA) is 27.0 Å². The molecule has 3 rings (SSSR count). The van der Waals surface area contributed by atoms with Crippen LogP contribution in [0, 0.1) is 11.3 Å². The molecule has 0 aliphatic heterocycles. The Morgan fingerprint density at radius 2 is 1.60 bits per heavy atom. The molecule has 0 spiro atoms. The van der Waals surface area contributed by atoms with Crippen LogP contribution in [-0.4, -0.2) is 24.2 Å². The molecular weight excluding hydrogens is 385 g/mol. The number of hydrogen-bond acceptors (Lipinski definition) is 2. The van der Waals surface area contributed by atoms with Crippen LogP contribution in [0.2, 0.25) is 0 Å². The number of benzene rings is 2. The zero-order valence-electron chi connectivity index (χ0n) is 18.0. The van der Waals surface area contributed by atoms with Gasteiger partial charge in [0.1, 0.15) is 0 Å². The van der Waals surface area contributed by atoms with E-state index in [1.54, 1.807) is 18.2 Å². The third-order valence-electron chi connectivity index (χ3n) is 5.93. The van der Waals surface area contributed by atoms with Gasteiger partial charge in [-0.25, -0.2) is 0 Å². The molecule has 2 aromatic carbocycles. The number of halogens is 3. The van der Waals surface area contributed by atoms with Gasteiger partial charge in [-0.2, -0.15) is 18.4 Å². The van der Waals surface area contributed by atoms with Gasteiger partial charge in [-0.05, 0) is 55.8 Å². The minimum Gasteiger partial charge on any atom is -0.299 e. The average Bonchev–Trinajstić information content (AvgIpc) is 3.52. The summed E-state index contributed by atoms with van der Waals surface area (Å²) in [5.74, 6) is 0. The van der Waals surface area contributed by atoms with Gasteiger partial charge in [0.05, 0.1) is 11.5 Å². The van der Waals surface area contributed by atoms with Gasteiger partial charge in [0, 0.05) is 19.5 Å². The van der Waals surface area contributed by atoms with Crippen LogP contribution in [0.5, 0.6) is 0 Å². The molecule has 1 aliphatic carbocycles. The van der Waals surface area contributed by atoms with Gasteiger partial charge in [0.15, 0.2) is 0 Å². The van der Waals surface area contributed by atoms with E-state index in [0.29, 0.717) is 11.6 Å². The average molecular weight is 417 g/mol. The Morgan fingerprint density at radius 1 is 1.03 bits per heavy atom. The third-order valence-corrected chi connectivity index (χ3v) is 5.93. The van der Waals surface area contributed by atoms with Gasteiger partial charge in [-0.15, -0.1) is 0 Å². The number of alkyl halides is 3. The van der Waals surface area contributed by atoms with Crippen LogP contribution in [0.15, 0.2) is 54.6 Å². The molecular formula is C25H31F3N2. The molecule has 0 heterocycles. The number of hydrogen-bond donors (Lipinski definition) is 0. The molecule has 2 aromatic rings. The SMILES string of the molecule is CC#N.CCC(CCc1ccc(C2(C(F)(F)F)CC2)cc1)N(C)Cc1ccccc1. The van der Waals surface area contributed by atoms with Crippen molar-refractivity contribution in [1.29, 1.82) is 5.26 Å². The third kappa shape index (κ3) is 6.09. The van der Waals surface area contributed by atoms with Crippen LogP contribution < -0.4 is 0 Å². The minimum atomic E-state index is -4.14. The fourth-order valence-electron chi connectivity index (χ4n) is 3.92. The number of rotatable bonds is 8. The second kappa shape index (κ2) is 10.6. The summed E-state index contributed by atoms with van der Waals surface area (Å²) in [6.45, 7) is 4.53. The first-order chi connectivity index (χ1) is 14.3. The summed E-state index contributed by atoms with van der Waals surface area (Å²) in [4.78, 5) is 2.37. The van der Waals surface area contributed by atoms with Crippen LogP contribution in [0.25, 0.3) is 0 Å². The predicted molar refractivity (Wildman–Crippen MR) is 115 cm³/mol. The largest absolute Gasteiger partial charge is 0.398 e. The smallest absolute Gasteiger partial charge is 0.299 e. The molecule has 5 heteroatoms. The second-order valence-corrected chi connectivity index (χ2v) is 8.00. The summed E-state index contributed by atoms with van der Waals surface area (Å²) in [5.41, 5.74) is 1.26. The molecule has 1 unspecified atom stereocenters. The highest BCUT2D eigenvalue weighted by atomic mass is 19.4. The lowest BCUT2D eigenvalue weighted by atomic mass is 9.93. The van der Waals surface area contributed by atoms with Crippen LogP contribution in [0.1, 0.15) is 56.2 Å². The van der Waals surface area contributed by atoms with Crippen LogP contribution >= 0.6 is 0 Å². The molecule has 1 fully saturated rings. The van der Waals surface area contributed by atoms with Gasteiger partial charge in [-0.1, -0.05) is 61.5 Å². The lowest BCUT2D eigenvalue weighted by Gasteiger charge is -2.27. The van der Waals surface area contributed by atoms with Gasteiger partial charge in [-0.3, -0.25) is 4.90 Å². The van der Waals surface area contributed by atoms with Crippen LogP contribution in [0.4, 0.5) is 13.2 Å². The maximum Gasteiger partial charge on any atom is 0.398 e. The highest BCUT2D eigenvalue weighted by molar-refractivity contribution is 5.35. The Kier molecular flexibility index (Phi) is 8.49. The van der Waals surface area contributed by atoms with Crippen molar-refractivity contribution in [3.05, 3.63) is 71.3 Å². The summed E-state index contributed by atoms with van der Waals surface area (Å²) in [5, 5.41) is 7.32. The summed E-state index contributed by atoms with van der Waals surface area (Å²) < 4.78 is 39.7. The lowest BCUT2D eigenvalue weighted by molar-refractivity contribution is -0.160. The number of nitriles is 1. The van der Waals surface area contributed by atoms with Crippen molar-refractivity contribution in [1.82, 2.24) is 4.90 Å². The van der Waals surface area contributed by atoms with E-state index >= 15 is 0 Å². The lowest BCUT2D eigenvalue weighted by Crippen LogP contribution is -2.31. The Morgan fingerprint density at radius 3 is 2.07 bits per heavy atom. The van der Waals surface area contributed by atoms with Crippen molar-refractivity contribution in [2.45, 2.75) is 70.1 Å². The van der Waals surface area contributed by atoms with Crippen molar-refractivity contribution >= 4 is 0 Å². The maximum atomic E-state index is 13.2. The molecule has 0 aromatic heterocycles. The van der Waals surface area contributed by atoms with Crippen LogP contribution in [0.3, 0.4) is 0 Å². The van der Waals surface area contributed by atoms with Crippen LogP contribution in [-0.2, 0) is 18.4 Å². The molecule has 30 heavy (non-hydrogen) atoms. The number of nitrogens with zero attached hydrogens (tertiary/aromatic N) is 2. The zero-order chi connectivity index (χ0) is 22.2. The summed E-state index contributed by atoms with van der Waals surface area (Å²) >= 11 is 0. The van der Waals surface area contributed by atoms with Gasteiger partial charge < -0.3 is 0 Å². The van der Waals surface area contributed by atoms with Crippen molar-refractivity contribution in [3.8, 4) is 6.07 Å². The molecule has 0 amide bonds. The number of aryl methyl sites for hydroxylation is 1. The Hall–Kier alpha value is -2.32. The molecule has 1 atom stereocenters. The van der Waals surface area contributed by atoms with Gasteiger partial charge in [0.25, 0.3) is 0 Å². The summed E-state index contributed by atoms with van der Waals surface area (Å²) in [6, 6.07) is 19.7. The fourth-order valence-corrected chi connectivity index (χ4v) is 3.92. The molecule has 0 radical (unpaired) electrons. The molecule has 162 valence electrons. The molecule has 2 nitrogen and oxygen atoms in total. The van der Waals surface area contributed by atoms with E-state index in [-0.39, 0.29) is 12.8 Å². The summed E-state index contributed by atoms with van der Waals surface area (Å²) in [7, 11) is 2.14. The first-order valence-corrected chi connectivity index (χ1v) is 10.5. The van der Waals surface area contributed by atoms with E-state index in [0.717, 1.165) is 31.4 Å². The first-order valence-electron chi connectivity index (χ1n) is 10.5. The zero-order valence-corrected chi connectivity index (χ0v) is 18.0. The monoisotopic (exact) mass is 416 g/mol. The highest BCUT2D eigenvalue weighted by Gasteiger charge is 2.64. The van der Waals surface area contributed by atoms with Crippen molar-refractivity contribution in [2.75, 3.05) is 7.05 Å². The first kappa shape index (κ1) is 24.0. The van der Waals surface area contributed by atoms with Crippen molar-refractivity contribution < 1.29 is 13.2 Å². The molecule has 0 saturated heterocycles. The van der Waals surface area contributed by atoms with E-state index in [4.69, 9.17) is 5.26 Å². The minimum absolute atomic E-state index is 0.220. The quantitative estimate of drug-likeness (QED) is 0.481.